The number of aliphatic carboxylic acids is 1. The quantitative estimate of drug-likeness (QED) is 0.323. The van der Waals surface area contributed by atoms with Crippen LogP contribution in [0, 0.1) is 5.92 Å². The minimum absolute atomic E-state index is 0.0298. The molecule has 2 amide bonds. The summed E-state index contributed by atoms with van der Waals surface area (Å²) in [5.41, 5.74) is 3.52. The van der Waals surface area contributed by atoms with Crippen molar-refractivity contribution in [3.63, 3.8) is 0 Å². The Morgan fingerprint density at radius 1 is 0.865 bits per heavy atom. The first-order valence-corrected chi connectivity index (χ1v) is 13.0. The third kappa shape index (κ3) is 6.05. The Kier molecular flexibility index (Phi) is 8.03. The number of hydrogen-bond donors (Lipinski definition) is 4. The molecule has 37 heavy (non-hydrogen) atoms. The molecule has 0 heterocycles. The summed E-state index contributed by atoms with van der Waals surface area (Å²) in [5, 5.41) is 15.0. The summed E-state index contributed by atoms with van der Waals surface area (Å²) in [5.74, 6) is -2.01. The molecule has 4 rings (SSSR count). The molecule has 0 unspecified atom stereocenters. The first-order chi connectivity index (χ1) is 17.7. The van der Waals surface area contributed by atoms with Gasteiger partial charge in [-0.2, -0.15) is 12.6 Å². The third-order valence-electron chi connectivity index (χ3n) is 6.90. The zero-order valence-electron chi connectivity index (χ0n) is 21.0. The van der Waals surface area contributed by atoms with Crippen LogP contribution in [0.4, 0.5) is 0 Å². The minimum Gasteiger partial charge on any atom is -0.480 e. The molecule has 0 fully saturated rings. The number of benzene rings is 3. The number of carboxylic acid groups (broad SMARTS) is 1. The maximum absolute atomic E-state index is 13.7. The Bertz CT molecular complexity index is 1250. The molecule has 2 atom stereocenters. The Hall–Kier alpha value is -3.58. The fourth-order valence-electron chi connectivity index (χ4n) is 4.73. The van der Waals surface area contributed by atoms with Gasteiger partial charge in [0.25, 0.3) is 0 Å². The number of rotatable bonds is 9. The van der Waals surface area contributed by atoms with Crippen molar-refractivity contribution in [2.75, 3.05) is 0 Å². The lowest BCUT2D eigenvalue weighted by Crippen LogP contribution is -2.63. The van der Waals surface area contributed by atoms with Crippen LogP contribution in [0.3, 0.4) is 0 Å². The maximum atomic E-state index is 13.7. The summed E-state index contributed by atoms with van der Waals surface area (Å²) in [6, 6.07) is 24.0. The number of fused-ring (bicyclic) bond motifs is 1. The molecule has 0 spiro atoms. The Morgan fingerprint density at radius 3 is 1.95 bits per heavy atom. The van der Waals surface area contributed by atoms with Crippen LogP contribution >= 0.6 is 12.6 Å². The highest BCUT2D eigenvalue weighted by atomic mass is 32.1. The summed E-state index contributed by atoms with van der Waals surface area (Å²) < 4.78 is 0. The fourth-order valence-corrected chi connectivity index (χ4v) is 4.79. The molecular formula is C30H32N2O4S. The van der Waals surface area contributed by atoms with Gasteiger partial charge >= 0.3 is 5.97 Å². The Balaban J connectivity index is 1.53. The maximum Gasteiger partial charge on any atom is 0.326 e. The molecule has 0 saturated carbocycles. The minimum atomic E-state index is -1.28. The van der Waals surface area contributed by atoms with Gasteiger partial charge in [-0.15, -0.1) is 0 Å². The fraction of sp³-hybridized carbons (Fsp3) is 0.300. The predicted octanol–water partition coefficient (Wildman–Crippen LogP) is 4.07. The van der Waals surface area contributed by atoms with E-state index in [1.54, 1.807) is 0 Å². The number of carbonyl (C=O) groups excluding carboxylic acids is 2. The van der Waals surface area contributed by atoms with E-state index in [1.807, 2.05) is 92.7 Å². The van der Waals surface area contributed by atoms with Crippen molar-refractivity contribution in [1.29, 1.82) is 0 Å². The van der Waals surface area contributed by atoms with Crippen LogP contribution in [0.2, 0.25) is 0 Å². The van der Waals surface area contributed by atoms with Crippen LogP contribution < -0.4 is 10.6 Å². The first kappa shape index (κ1) is 26.5. The topological polar surface area (TPSA) is 95.5 Å². The number of amides is 2. The Labute approximate surface area is 222 Å². The SMILES string of the molecule is CC(C)[C@H](S)C(=O)NC1(C(=O)N[C@@H](Cc2ccc(-c3ccccc3)cc2)C(=O)O)Cc2ccccc2C1. The molecule has 0 bridgehead atoms. The average Bonchev–Trinajstić information content (AvgIpc) is 3.28. The van der Waals surface area contributed by atoms with Gasteiger partial charge in [-0.25, -0.2) is 4.79 Å². The van der Waals surface area contributed by atoms with E-state index in [1.165, 1.54) is 0 Å². The molecule has 0 aliphatic heterocycles. The summed E-state index contributed by atoms with van der Waals surface area (Å²) in [7, 11) is 0. The molecule has 6 nitrogen and oxygen atoms in total. The lowest BCUT2D eigenvalue weighted by Gasteiger charge is -2.32. The van der Waals surface area contributed by atoms with E-state index in [-0.39, 0.29) is 31.1 Å². The van der Waals surface area contributed by atoms with Gasteiger partial charge in [-0.05, 0) is 33.7 Å². The number of carboxylic acids is 1. The second kappa shape index (κ2) is 11.2. The largest absolute Gasteiger partial charge is 0.480 e. The van der Waals surface area contributed by atoms with Gasteiger partial charge in [0.05, 0.1) is 5.25 Å². The normalized spacial score (nSPS) is 15.5. The first-order valence-electron chi connectivity index (χ1n) is 12.4. The highest BCUT2D eigenvalue weighted by Crippen LogP contribution is 2.31. The molecule has 7 heteroatoms. The number of thiol groups is 1. The second-order valence-electron chi connectivity index (χ2n) is 10.0. The molecule has 0 saturated heterocycles. The molecule has 3 aromatic carbocycles. The monoisotopic (exact) mass is 516 g/mol. The van der Waals surface area contributed by atoms with Crippen LogP contribution in [-0.2, 0) is 33.6 Å². The molecule has 1 aliphatic rings. The lowest BCUT2D eigenvalue weighted by molar-refractivity contribution is -0.143. The summed E-state index contributed by atoms with van der Waals surface area (Å²) in [6.45, 7) is 3.77. The number of carbonyl (C=O) groups is 3. The zero-order valence-corrected chi connectivity index (χ0v) is 21.9. The van der Waals surface area contributed by atoms with Crippen LogP contribution in [0.1, 0.15) is 30.5 Å². The molecule has 192 valence electrons. The van der Waals surface area contributed by atoms with Crippen molar-refractivity contribution in [3.05, 3.63) is 95.6 Å². The highest BCUT2D eigenvalue weighted by molar-refractivity contribution is 7.81. The van der Waals surface area contributed by atoms with Gasteiger partial charge in [0, 0.05) is 19.3 Å². The molecule has 0 aromatic heterocycles. The van der Waals surface area contributed by atoms with E-state index in [9.17, 15) is 19.5 Å². The van der Waals surface area contributed by atoms with Crippen LogP contribution in [0.15, 0.2) is 78.9 Å². The summed E-state index contributed by atoms with van der Waals surface area (Å²) >= 11 is 4.43. The molecular weight excluding hydrogens is 484 g/mol. The Morgan fingerprint density at radius 2 is 1.41 bits per heavy atom. The smallest absolute Gasteiger partial charge is 0.326 e. The van der Waals surface area contributed by atoms with Crippen LogP contribution in [-0.4, -0.2) is 39.7 Å². The van der Waals surface area contributed by atoms with Gasteiger partial charge in [-0.1, -0.05) is 92.7 Å². The lowest BCUT2D eigenvalue weighted by atomic mass is 9.92. The van der Waals surface area contributed by atoms with Crippen LogP contribution in [0.5, 0.6) is 0 Å². The second-order valence-corrected chi connectivity index (χ2v) is 10.6. The van der Waals surface area contributed by atoms with Crippen molar-refractivity contribution in [2.45, 2.75) is 49.9 Å². The van der Waals surface area contributed by atoms with Gasteiger partial charge < -0.3 is 15.7 Å². The van der Waals surface area contributed by atoms with Gasteiger partial charge in [-0.3, -0.25) is 9.59 Å². The standard InChI is InChI=1S/C30H32N2O4S/c1-19(2)26(37)27(33)32-30(17-23-10-6-7-11-24(23)18-30)29(36)31-25(28(34)35)16-20-12-14-22(15-13-20)21-8-4-3-5-9-21/h3-15,19,25-26,37H,16-18H2,1-2H3,(H,31,36)(H,32,33)(H,34,35)/t25-,26-/m0/s1. The van der Waals surface area contributed by atoms with Gasteiger partial charge in [0.15, 0.2) is 0 Å². The molecule has 1 aliphatic carbocycles. The van der Waals surface area contributed by atoms with Crippen molar-refractivity contribution in [2.24, 2.45) is 5.92 Å². The zero-order chi connectivity index (χ0) is 26.6. The van der Waals surface area contributed by atoms with Crippen molar-refractivity contribution in [3.8, 4) is 11.1 Å². The predicted molar refractivity (Wildman–Crippen MR) is 147 cm³/mol. The summed E-state index contributed by atoms with van der Waals surface area (Å²) in [6.07, 6.45) is 0.698. The average molecular weight is 517 g/mol. The molecule has 0 radical (unpaired) electrons. The number of nitrogens with one attached hydrogen (secondary N) is 2. The van der Waals surface area contributed by atoms with Crippen molar-refractivity contribution in [1.82, 2.24) is 10.6 Å². The van der Waals surface area contributed by atoms with E-state index in [4.69, 9.17) is 0 Å². The van der Waals surface area contributed by atoms with Crippen LogP contribution in [0.25, 0.3) is 11.1 Å². The van der Waals surface area contributed by atoms with E-state index < -0.39 is 28.7 Å². The van der Waals surface area contributed by atoms with E-state index >= 15 is 0 Å². The van der Waals surface area contributed by atoms with E-state index in [2.05, 4.69) is 23.3 Å². The highest BCUT2D eigenvalue weighted by Gasteiger charge is 2.46. The number of hydrogen-bond acceptors (Lipinski definition) is 4. The van der Waals surface area contributed by atoms with Crippen molar-refractivity contribution < 1.29 is 19.5 Å². The third-order valence-corrected chi connectivity index (χ3v) is 7.74. The van der Waals surface area contributed by atoms with E-state index in [0.717, 1.165) is 27.8 Å². The molecule has 3 aromatic rings. The van der Waals surface area contributed by atoms with Gasteiger partial charge in [0.1, 0.15) is 11.6 Å². The molecule has 3 N–H and O–H groups in total. The van der Waals surface area contributed by atoms with Crippen molar-refractivity contribution >= 4 is 30.4 Å². The summed E-state index contributed by atoms with van der Waals surface area (Å²) in [4.78, 5) is 38.8. The van der Waals surface area contributed by atoms with Gasteiger partial charge in [0.2, 0.25) is 11.8 Å². The van der Waals surface area contributed by atoms with E-state index in [0.29, 0.717) is 0 Å².